The number of aromatic nitrogens is 1. The standard InChI is InChI=1S/C17H22BrN3/c1-10-5-11(2)7-13(6-10)21-16-4-3-15(19)14-8-12(18)9-20-17(14)16/h3-4,8-11,13,21H,5-7,19H2,1-2H3. The number of nitrogens with one attached hydrogen (secondary N) is 1. The van der Waals surface area contributed by atoms with Crippen molar-refractivity contribution in [2.75, 3.05) is 11.1 Å². The number of fused-ring (bicyclic) bond motifs is 1. The van der Waals surface area contributed by atoms with Crippen molar-refractivity contribution in [1.82, 2.24) is 4.98 Å². The molecular weight excluding hydrogens is 326 g/mol. The predicted octanol–water partition coefficient (Wildman–Crippen LogP) is 4.82. The maximum Gasteiger partial charge on any atom is 0.0954 e. The van der Waals surface area contributed by atoms with Crippen LogP contribution in [-0.4, -0.2) is 11.0 Å². The van der Waals surface area contributed by atoms with Crippen LogP contribution in [0.5, 0.6) is 0 Å². The van der Waals surface area contributed by atoms with Gasteiger partial charge in [0.15, 0.2) is 0 Å². The second kappa shape index (κ2) is 5.84. The average Bonchev–Trinajstić information content (AvgIpc) is 2.41. The number of nitrogen functional groups attached to an aromatic ring is 1. The summed E-state index contributed by atoms with van der Waals surface area (Å²) in [5, 5.41) is 4.70. The summed E-state index contributed by atoms with van der Waals surface area (Å²) in [6.45, 7) is 4.70. The summed E-state index contributed by atoms with van der Waals surface area (Å²) in [6.07, 6.45) is 5.63. The lowest BCUT2D eigenvalue weighted by molar-refractivity contribution is 0.281. The molecule has 3 nitrogen and oxygen atoms in total. The first-order chi connectivity index (χ1) is 10.0. The molecule has 3 N–H and O–H groups in total. The molecule has 1 aromatic heterocycles. The van der Waals surface area contributed by atoms with E-state index in [-0.39, 0.29) is 0 Å². The van der Waals surface area contributed by atoms with Crippen molar-refractivity contribution in [2.45, 2.75) is 39.2 Å². The van der Waals surface area contributed by atoms with E-state index in [1.165, 1.54) is 19.3 Å². The smallest absolute Gasteiger partial charge is 0.0954 e. The van der Waals surface area contributed by atoms with E-state index in [4.69, 9.17) is 5.73 Å². The molecule has 0 aliphatic heterocycles. The zero-order valence-electron chi connectivity index (χ0n) is 12.6. The van der Waals surface area contributed by atoms with Crippen molar-refractivity contribution >= 4 is 38.2 Å². The fourth-order valence-corrected chi connectivity index (χ4v) is 3.95. The number of nitrogens with zero attached hydrogens (tertiary/aromatic N) is 1. The molecule has 2 aromatic rings. The maximum atomic E-state index is 6.08. The highest BCUT2D eigenvalue weighted by Crippen LogP contribution is 2.33. The fraction of sp³-hybridized carbons (Fsp3) is 0.471. The number of hydrogen-bond donors (Lipinski definition) is 2. The van der Waals surface area contributed by atoms with Gasteiger partial charge in [-0.15, -0.1) is 0 Å². The lowest BCUT2D eigenvalue weighted by atomic mass is 9.80. The Hall–Kier alpha value is -1.29. The predicted molar refractivity (Wildman–Crippen MR) is 93.4 cm³/mol. The summed E-state index contributed by atoms with van der Waals surface area (Å²) in [7, 11) is 0. The number of hydrogen-bond acceptors (Lipinski definition) is 3. The van der Waals surface area contributed by atoms with Crippen molar-refractivity contribution in [3.05, 3.63) is 28.9 Å². The second-order valence-corrected chi connectivity index (χ2v) is 7.43. The zero-order valence-corrected chi connectivity index (χ0v) is 14.2. The van der Waals surface area contributed by atoms with E-state index >= 15 is 0 Å². The Balaban J connectivity index is 1.92. The van der Waals surface area contributed by atoms with Gasteiger partial charge in [0.05, 0.1) is 11.2 Å². The molecule has 0 saturated heterocycles. The molecule has 0 amide bonds. The van der Waals surface area contributed by atoms with Gasteiger partial charge < -0.3 is 11.1 Å². The SMILES string of the molecule is CC1CC(C)CC(Nc2ccc(N)c3cc(Br)cnc23)C1. The van der Waals surface area contributed by atoms with Gasteiger partial charge in [-0.2, -0.15) is 0 Å². The van der Waals surface area contributed by atoms with Crippen molar-refractivity contribution in [3.63, 3.8) is 0 Å². The minimum absolute atomic E-state index is 0.529. The van der Waals surface area contributed by atoms with Gasteiger partial charge in [-0.3, -0.25) is 4.98 Å². The Morgan fingerprint density at radius 3 is 2.62 bits per heavy atom. The third-order valence-electron chi connectivity index (χ3n) is 4.39. The van der Waals surface area contributed by atoms with Gasteiger partial charge in [0, 0.05) is 27.8 Å². The van der Waals surface area contributed by atoms with E-state index in [1.807, 2.05) is 18.3 Å². The van der Waals surface area contributed by atoms with Crippen LogP contribution in [0.4, 0.5) is 11.4 Å². The summed E-state index contributed by atoms with van der Waals surface area (Å²) in [5.41, 5.74) is 8.91. The van der Waals surface area contributed by atoms with E-state index in [0.717, 1.165) is 38.6 Å². The molecule has 112 valence electrons. The molecule has 3 rings (SSSR count). The first kappa shape index (κ1) is 14.6. The topological polar surface area (TPSA) is 50.9 Å². The molecule has 2 atom stereocenters. The third-order valence-corrected chi connectivity index (χ3v) is 4.82. The lowest BCUT2D eigenvalue weighted by Crippen LogP contribution is -2.30. The van der Waals surface area contributed by atoms with E-state index < -0.39 is 0 Å². The number of benzene rings is 1. The minimum atomic E-state index is 0.529. The van der Waals surface area contributed by atoms with Gasteiger partial charge in [-0.25, -0.2) is 0 Å². The molecule has 1 heterocycles. The second-order valence-electron chi connectivity index (χ2n) is 6.51. The summed E-state index contributed by atoms with van der Waals surface area (Å²) >= 11 is 3.47. The van der Waals surface area contributed by atoms with Crippen molar-refractivity contribution in [3.8, 4) is 0 Å². The van der Waals surface area contributed by atoms with Gasteiger partial charge >= 0.3 is 0 Å². The molecular formula is C17H22BrN3. The van der Waals surface area contributed by atoms with E-state index in [2.05, 4.69) is 46.1 Å². The van der Waals surface area contributed by atoms with Gasteiger partial charge in [0.2, 0.25) is 0 Å². The van der Waals surface area contributed by atoms with Gasteiger partial charge in [-0.1, -0.05) is 13.8 Å². The Morgan fingerprint density at radius 1 is 1.19 bits per heavy atom. The van der Waals surface area contributed by atoms with Crippen LogP contribution in [0.25, 0.3) is 10.9 Å². The molecule has 21 heavy (non-hydrogen) atoms. The lowest BCUT2D eigenvalue weighted by Gasteiger charge is -2.32. The van der Waals surface area contributed by atoms with E-state index in [1.54, 1.807) is 0 Å². The van der Waals surface area contributed by atoms with Crippen LogP contribution >= 0.6 is 15.9 Å². The summed E-state index contributed by atoms with van der Waals surface area (Å²) in [5.74, 6) is 1.57. The van der Waals surface area contributed by atoms with Crippen molar-refractivity contribution in [1.29, 1.82) is 0 Å². The average molecular weight is 348 g/mol. The number of pyridine rings is 1. The third kappa shape index (κ3) is 3.15. The molecule has 1 aromatic carbocycles. The first-order valence-electron chi connectivity index (χ1n) is 7.63. The van der Waals surface area contributed by atoms with Crippen LogP contribution in [0.2, 0.25) is 0 Å². The van der Waals surface area contributed by atoms with Crippen LogP contribution in [0.15, 0.2) is 28.9 Å². The molecule has 0 bridgehead atoms. The molecule has 0 spiro atoms. The summed E-state index contributed by atoms with van der Waals surface area (Å²) in [4.78, 5) is 4.56. The maximum absolute atomic E-state index is 6.08. The van der Waals surface area contributed by atoms with Crippen LogP contribution in [0.3, 0.4) is 0 Å². The summed E-state index contributed by atoms with van der Waals surface area (Å²) < 4.78 is 0.957. The monoisotopic (exact) mass is 347 g/mol. The quantitative estimate of drug-likeness (QED) is 0.766. The van der Waals surface area contributed by atoms with Crippen molar-refractivity contribution in [2.24, 2.45) is 11.8 Å². The number of halogens is 1. The zero-order chi connectivity index (χ0) is 15.0. The molecule has 0 radical (unpaired) electrons. The molecule has 1 aliphatic carbocycles. The Morgan fingerprint density at radius 2 is 1.90 bits per heavy atom. The van der Waals surface area contributed by atoms with Crippen LogP contribution < -0.4 is 11.1 Å². The van der Waals surface area contributed by atoms with Gasteiger partial charge in [0.1, 0.15) is 0 Å². The summed E-state index contributed by atoms with van der Waals surface area (Å²) in [6, 6.07) is 6.59. The Kier molecular flexibility index (Phi) is 4.07. The first-order valence-corrected chi connectivity index (χ1v) is 8.42. The van der Waals surface area contributed by atoms with Crippen LogP contribution in [0.1, 0.15) is 33.1 Å². The number of rotatable bonds is 2. The molecule has 1 aliphatic rings. The fourth-order valence-electron chi connectivity index (χ4n) is 3.62. The highest BCUT2D eigenvalue weighted by Gasteiger charge is 2.24. The van der Waals surface area contributed by atoms with E-state index in [9.17, 15) is 0 Å². The normalized spacial score (nSPS) is 26.0. The molecule has 4 heteroatoms. The van der Waals surface area contributed by atoms with Gasteiger partial charge in [-0.05, 0) is 65.2 Å². The molecule has 2 unspecified atom stereocenters. The van der Waals surface area contributed by atoms with Crippen LogP contribution in [-0.2, 0) is 0 Å². The number of nitrogens with two attached hydrogens (primary N) is 1. The highest BCUT2D eigenvalue weighted by molar-refractivity contribution is 9.10. The minimum Gasteiger partial charge on any atom is -0.398 e. The van der Waals surface area contributed by atoms with E-state index in [0.29, 0.717) is 6.04 Å². The largest absolute Gasteiger partial charge is 0.398 e. The number of anilines is 2. The highest BCUT2D eigenvalue weighted by atomic mass is 79.9. The molecule has 1 saturated carbocycles. The van der Waals surface area contributed by atoms with Gasteiger partial charge in [0.25, 0.3) is 0 Å². The Labute approximate surface area is 134 Å². The molecule has 1 fully saturated rings. The Bertz CT molecular complexity index is 646. The van der Waals surface area contributed by atoms with Crippen LogP contribution in [0, 0.1) is 11.8 Å². The van der Waals surface area contributed by atoms with Crippen molar-refractivity contribution < 1.29 is 0 Å².